The van der Waals surface area contributed by atoms with Gasteiger partial charge in [0.1, 0.15) is 35.5 Å². The van der Waals surface area contributed by atoms with E-state index in [1.165, 1.54) is 6.07 Å². The van der Waals surface area contributed by atoms with Crippen molar-refractivity contribution >= 4 is 52.1 Å². The Balaban J connectivity index is 1.04. The van der Waals surface area contributed by atoms with E-state index in [0.29, 0.717) is 29.8 Å². The van der Waals surface area contributed by atoms with E-state index in [1.807, 2.05) is 84.7 Å². The van der Waals surface area contributed by atoms with Crippen molar-refractivity contribution in [1.82, 2.24) is 20.3 Å². The van der Waals surface area contributed by atoms with Gasteiger partial charge in [0, 0.05) is 25.3 Å². The molecule has 0 saturated carbocycles. The molecular weight excluding hydrogens is 582 g/mol. The fourth-order valence-corrected chi connectivity index (χ4v) is 4.33. The maximum atomic E-state index is 12.2. The number of carbonyl (C=O) groups is 1. The van der Waals surface area contributed by atoms with Gasteiger partial charge in [-0.15, -0.1) is 0 Å². The van der Waals surface area contributed by atoms with Gasteiger partial charge in [0.15, 0.2) is 5.58 Å². The van der Waals surface area contributed by atoms with Crippen LogP contribution < -0.4 is 20.7 Å². The smallest absolute Gasteiger partial charge is 0.407 e. The highest BCUT2D eigenvalue weighted by Crippen LogP contribution is 2.23. The minimum atomic E-state index is -0.507. The number of halogens is 1. The second-order valence-electron chi connectivity index (χ2n) is 9.65. The number of allylic oxidation sites excluding steroid dienone is 1. The number of nitrogens with one attached hydrogen (secondary N) is 1. The zero-order chi connectivity index (χ0) is 30.9. The number of hydrogen-bond acceptors (Lipinski definition) is 10. The van der Waals surface area contributed by atoms with E-state index >= 15 is 0 Å². The fraction of sp³-hybridized carbons (Fsp3) is 0.156. The normalized spacial score (nSPS) is 11.2. The summed E-state index contributed by atoms with van der Waals surface area (Å²) in [7, 11) is 1.91. The van der Waals surface area contributed by atoms with E-state index in [9.17, 15) is 10.1 Å². The van der Waals surface area contributed by atoms with E-state index in [0.717, 1.165) is 22.4 Å². The molecule has 3 N–H and O–H groups in total. The number of nitriles is 1. The number of nitrogen functional groups attached to an aromatic ring is 1. The van der Waals surface area contributed by atoms with Gasteiger partial charge in [0.05, 0.1) is 6.54 Å². The molecule has 2 heterocycles. The molecule has 0 unspecified atom stereocenters. The van der Waals surface area contributed by atoms with Crippen LogP contribution in [-0.2, 0) is 17.9 Å². The third kappa shape index (κ3) is 8.02. The number of amides is 1. The number of alkyl carbamates (subject to hydrolysis) is 1. The van der Waals surface area contributed by atoms with E-state index in [2.05, 4.69) is 26.3 Å². The lowest BCUT2D eigenvalue weighted by atomic mass is 10.1. The topological polar surface area (TPSA) is 152 Å². The zero-order valence-corrected chi connectivity index (χ0v) is 24.5. The maximum Gasteiger partial charge on any atom is 0.407 e. The highest BCUT2D eigenvalue weighted by Gasteiger charge is 2.11. The van der Waals surface area contributed by atoms with Gasteiger partial charge in [-0.05, 0) is 47.0 Å². The second-order valence-corrected chi connectivity index (χ2v) is 10.0. The Bertz CT molecular complexity index is 1760. The molecule has 3 aromatic carbocycles. The number of aromatic nitrogens is 3. The Hall–Kier alpha value is -5.60. The highest BCUT2D eigenvalue weighted by molar-refractivity contribution is 6.29. The van der Waals surface area contributed by atoms with E-state index in [4.69, 9.17) is 31.2 Å². The first-order chi connectivity index (χ1) is 21.4. The van der Waals surface area contributed by atoms with Crippen molar-refractivity contribution in [2.24, 2.45) is 0 Å². The summed E-state index contributed by atoms with van der Waals surface area (Å²) in [5.41, 5.74) is 10.8. The number of nitrogens with zero attached hydrogens (tertiary/aromatic N) is 5. The highest BCUT2D eigenvalue weighted by atomic mass is 35.5. The number of rotatable bonds is 11. The van der Waals surface area contributed by atoms with Crippen LogP contribution in [0.2, 0.25) is 5.15 Å². The van der Waals surface area contributed by atoms with Gasteiger partial charge in [0.2, 0.25) is 17.7 Å². The van der Waals surface area contributed by atoms with Crippen LogP contribution in [0, 0.1) is 11.3 Å². The minimum absolute atomic E-state index is 0.0415. The number of oxazole rings is 1. The largest absolute Gasteiger partial charge is 0.473 e. The van der Waals surface area contributed by atoms with Crippen LogP contribution in [0.1, 0.15) is 22.6 Å². The summed E-state index contributed by atoms with van der Waals surface area (Å²) in [6.45, 7) is 1.29. The molecule has 0 aliphatic carbocycles. The molecule has 2 aromatic heterocycles. The SMILES string of the molecule is CN(CCOC(=O)NCc1ccc(COc2cc(Cl)nc(N)n2)cc1)c1ccc(/C=C(\C#N)c2nc3ccccc3o2)cc1. The molecule has 44 heavy (non-hydrogen) atoms. The third-order valence-corrected chi connectivity index (χ3v) is 6.68. The van der Waals surface area contributed by atoms with Gasteiger partial charge in [0.25, 0.3) is 0 Å². The summed E-state index contributed by atoms with van der Waals surface area (Å²) in [6.07, 6.45) is 1.23. The van der Waals surface area contributed by atoms with Gasteiger partial charge >= 0.3 is 6.09 Å². The van der Waals surface area contributed by atoms with Crippen LogP contribution in [0.15, 0.2) is 83.3 Å². The lowest BCUT2D eigenvalue weighted by molar-refractivity contribution is 0.148. The number of fused-ring (bicyclic) bond motifs is 1. The molecule has 0 atom stereocenters. The Morgan fingerprint density at radius 2 is 1.82 bits per heavy atom. The summed E-state index contributed by atoms with van der Waals surface area (Å²) in [4.78, 5) is 26.4. The number of anilines is 2. The van der Waals surface area contributed by atoms with Gasteiger partial charge in [-0.2, -0.15) is 10.2 Å². The van der Waals surface area contributed by atoms with Crippen LogP contribution in [-0.4, -0.2) is 41.2 Å². The Morgan fingerprint density at radius 1 is 1.07 bits per heavy atom. The van der Waals surface area contributed by atoms with Crippen LogP contribution in [0.4, 0.5) is 16.4 Å². The minimum Gasteiger partial charge on any atom is -0.473 e. The van der Waals surface area contributed by atoms with Crippen molar-refractivity contribution < 1.29 is 18.7 Å². The molecule has 0 aliphatic rings. The average Bonchev–Trinajstić information content (AvgIpc) is 3.46. The Labute approximate surface area is 258 Å². The van der Waals surface area contributed by atoms with Gasteiger partial charge < -0.3 is 29.8 Å². The average molecular weight is 610 g/mol. The Kier molecular flexibility index (Phi) is 9.54. The van der Waals surface area contributed by atoms with Crippen molar-refractivity contribution in [2.45, 2.75) is 13.2 Å². The van der Waals surface area contributed by atoms with Crippen molar-refractivity contribution in [3.05, 3.63) is 107 Å². The lowest BCUT2D eigenvalue weighted by Gasteiger charge is -2.19. The van der Waals surface area contributed by atoms with Crippen molar-refractivity contribution in [3.8, 4) is 11.9 Å². The van der Waals surface area contributed by atoms with Crippen molar-refractivity contribution in [2.75, 3.05) is 30.8 Å². The second kappa shape index (κ2) is 14.0. The number of hydrogen-bond donors (Lipinski definition) is 2. The molecule has 1 amide bonds. The molecule has 0 spiro atoms. The number of carbonyl (C=O) groups excluding carboxylic acids is 1. The zero-order valence-electron chi connectivity index (χ0n) is 23.7. The first-order valence-electron chi connectivity index (χ1n) is 13.6. The number of benzene rings is 3. The van der Waals surface area contributed by atoms with Gasteiger partial charge in [-0.25, -0.2) is 14.8 Å². The number of likely N-dealkylation sites (N-methyl/N-ethyl adjacent to an activating group) is 1. The molecule has 0 radical (unpaired) electrons. The molecule has 5 aromatic rings. The molecule has 11 nitrogen and oxygen atoms in total. The number of nitrogens with two attached hydrogens (primary N) is 1. The summed E-state index contributed by atoms with van der Waals surface area (Å²) >= 11 is 5.86. The maximum absolute atomic E-state index is 12.2. The fourth-order valence-electron chi connectivity index (χ4n) is 4.15. The first-order valence-corrected chi connectivity index (χ1v) is 13.9. The molecule has 12 heteroatoms. The Morgan fingerprint density at radius 3 is 2.55 bits per heavy atom. The summed E-state index contributed by atoms with van der Waals surface area (Å²) in [6, 6.07) is 26.3. The number of para-hydroxylation sites is 2. The molecule has 5 rings (SSSR count). The number of ether oxygens (including phenoxy) is 2. The standard InChI is InChI=1S/C32H28ClN7O4/c1-40(25-12-10-21(11-13-25)16-24(18-34)30-37-26-4-2-3-5-27(26)44-30)14-15-42-32(41)36-19-22-6-8-23(9-7-22)20-43-29-17-28(33)38-31(35)39-29/h2-13,16-17H,14-15,19-20H2,1H3,(H,36,41)(H2,35,38,39)/b24-16+. The molecule has 0 fully saturated rings. The summed E-state index contributed by atoms with van der Waals surface area (Å²) in [5, 5.41) is 12.6. The van der Waals surface area contributed by atoms with Crippen LogP contribution >= 0.6 is 11.6 Å². The molecule has 0 aliphatic heterocycles. The van der Waals surface area contributed by atoms with Crippen molar-refractivity contribution in [1.29, 1.82) is 5.26 Å². The van der Waals surface area contributed by atoms with Gasteiger partial charge in [-0.1, -0.05) is 60.1 Å². The molecule has 0 bridgehead atoms. The van der Waals surface area contributed by atoms with E-state index in [-0.39, 0.29) is 36.1 Å². The molecule has 0 saturated heterocycles. The third-order valence-electron chi connectivity index (χ3n) is 6.48. The van der Waals surface area contributed by atoms with Crippen LogP contribution in [0.5, 0.6) is 5.88 Å². The predicted molar refractivity (Wildman–Crippen MR) is 168 cm³/mol. The van der Waals surface area contributed by atoms with Crippen LogP contribution in [0.3, 0.4) is 0 Å². The molecular formula is C32H28ClN7O4. The van der Waals surface area contributed by atoms with E-state index < -0.39 is 6.09 Å². The van der Waals surface area contributed by atoms with Crippen molar-refractivity contribution in [3.63, 3.8) is 0 Å². The predicted octanol–water partition coefficient (Wildman–Crippen LogP) is 5.86. The quantitative estimate of drug-likeness (QED) is 0.137. The first kappa shape index (κ1) is 29.9. The molecule has 222 valence electrons. The summed E-state index contributed by atoms with van der Waals surface area (Å²) in [5.74, 6) is 0.613. The lowest BCUT2D eigenvalue weighted by Crippen LogP contribution is -2.28. The van der Waals surface area contributed by atoms with E-state index in [1.54, 1.807) is 6.08 Å². The summed E-state index contributed by atoms with van der Waals surface area (Å²) < 4.78 is 16.7. The van der Waals surface area contributed by atoms with Crippen LogP contribution in [0.25, 0.3) is 22.7 Å². The van der Waals surface area contributed by atoms with Gasteiger partial charge in [-0.3, -0.25) is 0 Å². The monoisotopic (exact) mass is 609 g/mol.